The summed E-state index contributed by atoms with van der Waals surface area (Å²) in [5.74, 6) is -2.69. The predicted octanol–water partition coefficient (Wildman–Crippen LogP) is 4.20. The van der Waals surface area contributed by atoms with E-state index < -0.39 is 29.0 Å². The van der Waals surface area contributed by atoms with Gasteiger partial charge in [-0.3, -0.25) is 9.59 Å². The van der Waals surface area contributed by atoms with Gasteiger partial charge in [0.1, 0.15) is 28.0 Å². The Kier molecular flexibility index (Phi) is 7.83. The van der Waals surface area contributed by atoms with Gasteiger partial charge in [-0.1, -0.05) is 18.3 Å². The molecule has 0 radical (unpaired) electrons. The number of carbonyl (C=O) groups excluding carboxylic acids is 2. The molecule has 1 aromatic heterocycles. The monoisotopic (exact) mass is 437 g/mol. The Morgan fingerprint density at radius 2 is 2.07 bits per heavy atom. The third kappa shape index (κ3) is 4.91. The summed E-state index contributed by atoms with van der Waals surface area (Å²) >= 11 is 0.917. The highest BCUT2D eigenvalue weighted by atomic mass is 32.1. The molecule has 2 aromatic rings. The van der Waals surface area contributed by atoms with Gasteiger partial charge in [0.25, 0.3) is 0 Å². The van der Waals surface area contributed by atoms with Crippen molar-refractivity contribution in [3.8, 4) is 6.07 Å². The molecule has 2 rings (SSSR count). The maximum atomic E-state index is 14.0. The van der Waals surface area contributed by atoms with Crippen molar-refractivity contribution in [3.63, 3.8) is 0 Å². The Bertz CT molecular complexity index is 973. The van der Waals surface area contributed by atoms with Gasteiger partial charge in [-0.15, -0.1) is 0 Å². The Morgan fingerprint density at radius 1 is 1.33 bits per heavy atom. The fourth-order valence-corrected chi connectivity index (χ4v) is 3.85. The van der Waals surface area contributed by atoms with E-state index in [1.54, 1.807) is 13.8 Å². The standard InChI is InChI=1S/C20H21F2N3O4S/c1-4-20(18(27)29-5-2,9-8-16(26)28-3)17-15(11-23)30-19(25-17)24-14-7-6-12(21)10-13(14)22/h6-7,10H,4-5,8-9H2,1-3H3,(H,24,25). The van der Waals surface area contributed by atoms with Gasteiger partial charge in [0.05, 0.1) is 25.1 Å². The lowest BCUT2D eigenvalue weighted by Crippen LogP contribution is -2.38. The summed E-state index contributed by atoms with van der Waals surface area (Å²) in [7, 11) is 1.24. The quantitative estimate of drug-likeness (QED) is 0.587. The van der Waals surface area contributed by atoms with Gasteiger partial charge in [0.2, 0.25) is 0 Å². The van der Waals surface area contributed by atoms with Crippen LogP contribution in [0.3, 0.4) is 0 Å². The molecule has 10 heteroatoms. The second kappa shape index (κ2) is 10.1. The lowest BCUT2D eigenvalue weighted by molar-refractivity contribution is -0.151. The Morgan fingerprint density at radius 3 is 2.63 bits per heavy atom. The molecule has 160 valence electrons. The minimum atomic E-state index is -1.35. The first-order chi connectivity index (χ1) is 14.3. The number of nitrogens with zero attached hydrogens (tertiary/aromatic N) is 2. The van der Waals surface area contributed by atoms with Crippen LogP contribution in [0.15, 0.2) is 18.2 Å². The van der Waals surface area contributed by atoms with E-state index in [1.807, 2.05) is 6.07 Å². The Hall–Kier alpha value is -3.06. The molecule has 0 saturated heterocycles. The highest BCUT2D eigenvalue weighted by Crippen LogP contribution is 2.40. The first-order valence-corrected chi connectivity index (χ1v) is 10.00. The van der Waals surface area contributed by atoms with Gasteiger partial charge in [0, 0.05) is 12.5 Å². The second-order valence-electron chi connectivity index (χ2n) is 6.29. The van der Waals surface area contributed by atoms with E-state index in [1.165, 1.54) is 13.2 Å². The van der Waals surface area contributed by atoms with Gasteiger partial charge in [-0.05, 0) is 31.9 Å². The number of anilines is 2. The minimum absolute atomic E-state index is 0.0256. The molecule has 0 spiro atoms. The molecule has 1 unspecified atom stereocenters. The molecule has 1 atom stereocenters. The molecular formula is C20H21F2N3O4S. The number of rotatable bonds is 9. The van der Waals surface area contributed by atoms with Crippen LogP contribution in [0.5, 0.6) is 0 Å². The molecule has 0 fully saturated rings. The topological polar surface area (TPSA) is 101 Å². The van der Waals surface area contributed by atoms with E-state index >= 15 is 0 Å². The van der Waals surface area contributed by atoms with E-state index in [0.717, 1.165) is 17.4 Å². The van der Waals surface area contributed by atoms with Crippen molar-refractivity contribution < 1.29 is 27.8 Å². The molecule has 0 aliphatic carbocycles. The SMILES string of the molecule is CCOC(=O)C(CC)(CCC(=O)OC)c1nc(Nc2ccc(F)cc2F)sc1C#N. The van der Waals surface area contributed by atoms with Crippen LogP contribution in [0.2, 0.25) is 0 Å². The van der Waals surface area contributed by atoms with Crippen LogP contribution in [-0.4, -0.2) is 30.6 Å². The molecular weight excluding hydrogens is 416 g/mol. The molecule has 7 nitrogen and oxygen atoms in total. The number of hydrogen-bond donors (Lipinski definition) is 1. The molecule has 1 N–H and O–H groups in total. The van der Waals surface area contributed by atoms with Gasteiger partial charge in [-0.25, -0.2) is 13.8 Å². The number of esters is 2. The summed E-state index contributed by atoms with van der Waals surface area (Å²) in [6.45, 7) is 3.48. The summed E-state index contributed by atoms with van der Waals surface area (Å²) in [5, 5.41) is 12.5. The van der Waals surface area contributed by atoms with Crippen LogP contribution in [-0.2, 0) is 24.5 Å². The number of benzene rings is 1. The van der Waals surface area contributed by atoms with Crippen LogP contribution < -0.4 is 5.32 Å². The summed E-state index contributed by atoms with van der Waals surface area (Å²) in [6.07, 6.45) is 0.157. The van der Waals surface area contributed by atoms with Crippen molar-refractivity contribution in [1.29, 1.82) is 5.26 Å². The first-order valence-electron chi connectivity index (χ1n) is 9.18. The maximum absolute atomic E-state index is 14.0. The minimum Gasteiger partial charge on any atom is -0.469 e. The third-order valence-electron chi connectivity index (χ3n) is 4.61. The number of ether oxygens (including phenoxy) is 2. The van der Waals surface area contributed by atoms with Crippen LogP contribution in [0.1, 0.15) is 43.7 Å². The number of aromatic nitrogens is 1. The van der Waals surface area contributed by atoms with Crippen LogP contribution in [0, 0.1) is 23.0 Å². The molecule has 30 heavy (non-hydrogen) atoms. The predicted molar refractivity (Wildman–Crippen MR) is 106 cm³/mol. The van der Waals surface area contributed by atoms with Crippen LogP contribution in [0.4, 0.5) is 19.6 Å². The van der Waals surface area contributed by atoms with Crippen molar-refractivity contribution in [3.05, 3.63) is 40.4 Å². The van der Waals surface area contributed by atoms with E-state index in [0.29, 0.717) is 6.07 Å². The van der Waals surface area contributed by atoms with Crippen molar-refractivity contribution in [1.82, 2.24) is 4.98 Å². The zero-order chi connectivity index (χ0) is 22.3. The second-order valence-corrected chi connectivity index (χ2v) is 7.29. The van der Waals surface area contributed by atoms with Crippen molar-refractivity contribution in [2.24, 2.45) is 0 Å². The number of methoxy groups -OCH3 is 1. The number of thiazole rings is 1. The van der Waals surface area contributed by atoms with Crippen molar-refractivity contribution >= 4 is 34.1 Å². The zero-order valence-corrected chi connectivity index (χ0v) is 17.6. The lowest BCUT2D eigenvalue weighted by Gasteiger charge is -2.28. The molecule has 1 heterocycles. The van der Waals surface area contributed by atoms with Gasteiger partial charge in [0.15, 0.2) is 5.13 Å². The smallest absolute Gasteiger partial charge is 0.318 e. The molecule has 0 aliphatic heterocycles. The van der Waals surface area contributed by atoms with E-state index in [-0.39, 0.29) is 47.3 Å². The fraction of sp³-hybridized carbons (Fsp3) is 0.400. The number of halogens is 2. The molecule has 0 aliphatic rings. The number of carbonyl (C=O) groups is 2. The summed E-state index contributed by atoms with van der Waals surface area (Å²) in [5.41, 5.74) is -1.24. The average molecular weight is 437 g/mol. The highest BCUT2D eigenvalue weighted by molar-refractivity contribution is 7.16. The highest BCUT2D eigenvalue weighted by Gasteiger charge is 2.44. The molecule has 1 aromatic carbocycles. The van der Waals surface area contributed by atoms with Crippen LogP contribution in [0.25, 0.3) is 0 Å². The lowest BCUT2D eigenvalue weighted by atomic mass is 9.77. The largest absolute Gasteiger partial charge is 0.469 e. The first kappa shape index (κ1) is 23.2. The summed E-state index contributed by atoms with van der Waals surface area (Å²) in [4.78, 5) is 29.1. The zero-order valence-electron chi connectivity index (χ0n) is 16.8. The van der Waals surface area contributed by atoms with Gasteiger partial charge >= 0.3 is 11.9 Å². The molecule has 0 bridgehead atoms. The summed E-state index contributed by atoms with van der Waals surface area (Å²) < 4.78 is 37.0. The van der Waals surface area contributed by atoms with Crippen molar-refractivity contribution in [2.75, 3.05) is 19.0 Å². The molecule has 0 saturated carbocycles. The number of hydrogen-bond acceptors (Lipinski definition) is 8. The fourth-order valence-electron chi connectivity index (χ4n) is 2.97. The van der Waals surface area contributed by atoms with Gasteiger partial charge in [-0.2, -0.15) is 5.26 Å². The summed E-state index contributed by atoms with van der Waals surface area (Å²) in [6, 6.07) is 5.00. The maximum Gasteiger partial charge on any atom is 0.318 e. The molecule has 0 amide bonds. The van der Waals surface area contributed by atoms with Crippen molar-refractivity contribution in [2.45, 2.75) is 38.5 Å². The normalized spacial score (nSPS) is 12.5. The van der Waals surface area contributed by atoms with Gasteiger partial charge < -0.3 is 14.8 Å². The Balaban J connectivity index is 2.50. The van der Waals surface area contributed by atoms with E-state index in [2.05, 4.69) is 15.0 Å². The number of nitrogens with one attached hydrogen (secondary N) is 1. The van der Waals surface area contributed by atoms with E-state index in [4.69, 9.17) is 4.74 Å². The van der Waals surface area contributed by atoms with Crippen LogP contribution >= 0.6 is 11.3 Å². The third-order valence-corrected chi connectivity index (χ3v) is 5.48. The average Bonchev–Trinajstić information content (AvgIpc) is 3.14. The van der Waals surface area contributed by atoms with E-state index in [9.17, 15) is 23.6 Å². The number of nitriles is 1. The Labute approximate surface area is 176 Å².